The summed E-state index contributed by atoms with van der Waals surface area (Å²) in [7, 11) is -3.35. The molecule has 2 rings (SSSR count). The van der Waals surface area contributed by atoms with Gasteiger partial charge in [-0.3, -0.25) is 0 Å². The molecule has 1 saturated heterocycles. The number of nitrogens with one attached hydrogen (secondary N) is 1. The molecule has 5 nitrogen and oxygen atoms in total. The zero-order chi connectivity index (χ0) is 16.2. The van der Waals surface area contributed by atoms with Crippen LogP contribution >= 0.6 is 0 Å². The van der Waals surface area contributed by atoms with Gasteiger partial charge in [0.05, 0.1) is 23.5 Å². The third-order valence-electron chi connectivity index (χ3n) is 3.78. The summed E-state index contributed by atoms with van der Waals surface area (Å²) in [4.78, 5) is 0. The molecule has 0 amide bonds. The minimum atomic E-state index is -3.35. The Hall–Kier alpha value is -1.42. The Labute approximate surface area is 132 Å². The van der Waals surface area contributed by atoms with Crippen LogP contribution in [0.1, 0.15) is 31.4 Å². The molecule has 22 heavy (non-hydrogen) atoms. The number of nitrogens with zero attached hydrogens (tertiary/aromatic N) is 1. The predicted molar refractivity (Wildman–Crippen MR) is 84.8 cm³/mol. The molecule has 2 atom stereocenters. The van der Waals surface area contributed by atoms with Crippen molar-refractivity contribution in [3.8, 4) is 6.07 Å². The summed E-state index contributed by atoms with van der Waals surface area (Å²) in [6.07, 6.45) is 1.15. The lowest BCUT2D eigenvalue weighted by molar-refractivity contribution is 0.0569. The van der Waals surface area contributed by atoms with Crippen molar-refractivity contribution in [3.05, 3.63) is 35.4 Å². The van der Waals surface area contributed by atoms with E-state index in [-0.39, 0.29) is 12.0 Å². The van der Waals surface area contributed by atoms with Crippen LogP contribution < -0.4 is 4.72 Å². The van der Waals surface area contributed by atoms with Crippen molar-refractivity contribution in [2.45, 2.75) is 38.0 Å². The maximum absolute atomic E-state index is 12.5. The van der Waals surface area contributed by atoms with Gasteiger partial charge in [-0.2, -0.15) is 5.26 Å². The summed E-state index contributed by atoms with van der Waals surface area (Å²) in [5, 5.41) is 8.39. The molecule has 1 aliphatic rings. The van der Waals surface area contributed by atoms with Crippen LogP contribution in [0.4, 0.5) is 0 Å². The van der Waals surface area contributed by atoms with E-state index in [4.69, 9.17) is 10.00 Å². The number of hydrogen-bond donors (Lipinski definition) is 1. The number of nitriles is 1. The molecule has 1 fully saturated rings. The molecule has 6 heteroatoms. The third kappa shape index (κ3) is 4.29. The minimum Gasteiger partial charge on any atom is -0.381 e. The van der Waals surface area contributed by atoms with E-state index in [1.54, 1.807) is 12.1 Å². The van der Waals surface area contributed by atoms with E-state index >= 15 is 0 Å². The fourth-order valence-corrected chi connectivity index (χ4v) is 4.73. The van der Waals surface area contributed by atoms with Crippen molar-refractivity contribution < 1.29 is 13.2 Å². The highest BCUT2D eigenvalue weighted by molar-refractivity contribution is 7.90. The van der Waals surface area contributed by atoms with Crippen LogP contribution in [0.5, 0.6) is 0 Å². The molecule has 1 aromatic rings. The van der Waals surface area contributed by atoms with Gasteiger partial charge in [0.2, 0.25) is 10.0 Å². The first-order chi connectivity index (χ1) is 10.4. The molecule has 0 aromatic heterocycles. The smallest absolute Gasteiger partial charge is 0.215 e. The molecule has 0 saturated carbocycles. The van der Waals surface area contributed by atoms with Crippen LogP contribution in [0.3, 0.4) is 0 Å². The fourth-order valence-electron chi connectivity index (χ4n) is 2.81. The van der Waals surface area contributed by atoms with E-state index in [1.165, 1.54) is 0 Å². The van der Waals surface area contributed by atoms with E-state index < -0.39 is 15.3 Å². The van der Waals surface area contributed by atoms with Crippen molar-refractivity contribution in [2.75, 3.05) is 13.2 Å². The van der Waals surface area contributed by atoms with E-state index in [2.05, 4.69) is 10.8 Å². The van der Waals surface area contributed by atoms with Crippen LogP contribution in [-0.4, -0.2) is 32.9 Å². The number of benzene rings is 1. The molecule has 0 radical (unpaired) electrons. The normalized spacial score (nSPS) is 22.5. The SMILES string of the molecule is CC(C)NS(=O)(=O)[C@@H]1CCOC[C@H]1Cc1ccc(C#N)cc1. The minimum absolute atomic E-state index is 0.0714. The van der Waals surface area contributed by atoms with Crippen LogP contribution in [-0.2, 0) is 21.2 Å². The Morgan fingerprint density at radius 3 is 2.64 bits per heavy atom. The second kappa shape index (κ2) is 7.23. The highest BCUT2D eigenvalue weighted by atomic mass is 32.2. The molecule has 1 N–H and O–H groups in total. The molecule has 1 aliphatic heterocycles. The lowest BCUT2D eigenvalue weighted by Crippen LogP contribution is -2.46. The van der Waals surface area contributed by atoms with Gasteiger partial charge >= 0.3 is 0 Å². The maximum atomic E-state index is 12.5. The van der Waals surface area contributed by atoms with Crippen LogP contribution in [0, 0.1) is 17.2 Å². The molecular formula is C16H22N2O3S. The second-order valence-electron chi connectivity index (χ2n) is 5.99. The Bertz CT molecular complexity index is 632. The average molecular weight is 322 g/mol. The van der Waals surface area contributed by atoms with E-state index in [9.17, 15) is 8.42 Å². The predicted octanol–water partition coefficient (Wildman–Crippen LogP) is 1.83. The van der Waals surface area contributed by atoms with Gasteiger partial charge in [0.15, 0.2) is 0 Å². The molecule has 120 valence electrons. The number of sulfonamides is 1. The largest absolute Gasteiger partial charge is 0.381 e. The van der Waals surface area contributed by atoms with E-state index in [0.29, 0.717) is 31.6 Å². The van der Waals surface area contributed by atoms with Crippen molar-refractivity contribution in [1.82, 2.24) is 4.72 Å². The molecule has 0 spiro atoms. The van der Waals surface area contributed by atoms with Crippen LogP contribution in [0.25, 0.3) is 0 Å². The summed E-state index contributed by atoms with van der Waals surface area (Å²) in [6, 6.07) is 9.25. The Morgan fingerprint density at radius 1 is 1.36 bits per heavy atom. The summed E-state index contributed by atoms with van der Waals surface area (Å²) >= 11 is 0. The maximum Gasteiger partial charge on any atom is 0.215 e. The molecule has 1 heterocycles. The standard InChI is InChI=1S/C16H22N2O3S/c1-12(2)18-22(19,20)16-7-8-21-11-15(16)9-13-3-5-14(10-17)6-4-13/h3-6,12,15-16,18H,7-9,11H2,1-2H3/t15-,16-/m1/s1. The Balaban J connectivity index is 2.14. The van der Waals surface area contributed by atoms with Gasteiger partial charge in [0.1, 0.15) is 0 Å². The Kier molecular flexibility index (Phi) is 5.57. The summed E-state index contributed by atoms with van der Waals surface area (Å²) in [5.41, 5.74) is 1.63. The highest BCUT2D eigenvalue weighted by Crippen LogP contribution is 2.25. The summed E-state index contributed by atoms with van der Waals surface area (Å²) in [5.74, 6) is -0.0714. The van der Waals surface area contributed by atoms with Crippen LogP contribution in [0.15, 0.2) is 24.3 Å². The van der Waals surface area contributed by atoms with Gasteiger partial charge in [-0.15, -0.1) is 0 Å². The van der Waals surface area contributed by atoms with E-state index in [1.807, 2.05) is 26.0 Å². The van der Waals surface area contributed by atoms with Crippen molar-refractivity contribution in [1.29, 1.82) is 5.26 Å². The topological polar surface area (TPSA) is 79.2 Å². The quantitative estimate of drug-likeness (QED) is 0.897. The first-order valence-electron chi connectivity index (χ1n) is 7.50. The average Bonchev–Trinajstić information content (AvgIpc) is 2.47. The monoisotopic (exact) mass is 322 g/mol. The number of hydrogen-bond acceptors (Lipinski definition) is 4. The lowest BCUT2D eigenvalue weighted by Gasteiger charge is -2.32. The van der Waals surface area contributed by atoms with Gasteiger partial charge in [-0.25, -0.2) is 13.1 Å². The molecule has 0 bridgehead atoms. The van der Waals surface area contributed by atoms with Crippen molar-refractivity contribution in [3.63, 3.8) is 0 Å². The molecule has 0 aliphatic carbocycles. The van der Waals surface area contributed by atoms with Crippen molar-refractivity contribution >= 4 is 10.0 Å². The summed E-state index contributed by atoms with van der Waals surface area (Å²) in [6.45, 7) is 4.58. The molecular weight excluding hydrogens is 300 g/mol. The first-order valence-corrected chi connectivity index (χ1v) is 9.05. The van der Waals surface area contributed by atoms with Gasteiger partial charge in [-0.1, -0.05) is 12.1 Å². The third-order valence-corrected chi connectivity index (χ3v) is 6.00. The molecule has 0 unspecified atom stereocenters. The van der Waals surface area contributed by atoms with Crippen molar-refractivity contribution in [2.24, 2.45) is 5.92 Å². The second-order valence-corrected chi connectivity index (χ2v) is 7.92. The number of rotatable bonds is 5. The van der Waals surface area contributed by atoms with E-state index in [0.717, 1.165) is 5.56 Å². The highest BCUT2D eigenvalue weighted by Gasteiger charge is 2.36. The molecule has 1 aromatic carbocycles. The zero-order valence-electron chi connectivity index (χ0n) is 13.0. The van der Waals surface area contributed by atoms with Gasteiger partial charge in [0, 0.05) is 18.6 Å². The van der Waals surface area contributed by atoms with Gasteiger partial charge in [0.25, 0.3) is 0 Å². The number of ether oxygens (including phenoxy) is 1. The first kappa shape index (κ1) is 16.9. The van der Waals surface area contributed by atoms with Crippen LogP contribution in [0.2, 0.25) is 0 Å². The zero-order valence-corrected chi connectivity index (χ0v) is 13.8. The lowest BCUT2D eigenvalue weighted by atomic mass is 9.93. The van der Waals surface area contributed by atoms with Gasteiger partial charge < -0.3 is 4.74 Å². The fraction of sp³-hybridized carbons (Fsp3) is 0.562. The summed E-state index contributed by atoms with van der Waals surface area (Å²) < 4.78 is 33.2. The van der Waals surface area contributed by atoms with Gasteiger partial charge in [-0.05, 0) is 44.4 Å². The Morgan fingerprint density at radius 2 is 2.05 bits per heavy atom.